The summed E-state index contributed by atoms with van der Waals surface area (Å²) in [7, 11) is 0. The van der Waals surface area contributed by atoms with Crippen molar-refractivity contribution in [1.29, 1.82) is 0 Å². The molecule has 0 N–H and O–H groups in total. The fraction of sp³-hybridized carbons (Fsp3) is 0.333. The Kier molecular flexibility index (Phi) is 4.65. The van der Waals surface area contributed by atoms with Crippen molar-refractivity contribution in [2.75, 3.05) is 13.2 Å². The molecule has 0 bridgehead atoms. The van der Waals surface area contributed by atoms with E-state index in [1.54, 1.807) is 12.1 Å². The van der Waals surface area contributed by atoms with Crippen molar-refractivity contribution in [3.05, 3.63) is 45.4 Å². The van der Waals surface area contributed by atoms with Crippen LogP contribution < -0.4 is 0 Å². The van der Waals surface area contributed by atoms with Crippen molar-refractivity contribution in [3.8, 4) is 11.1 Å². The number of hydrogen-bond acceptors (Lipinski definition) is 3. The second-order valence-corrected chi connectivity index (χ2v) is 6.12. The standard InChI is InChI=1S/C15H13Cl3N2O/c16-11-5-1-3-9(7-11)12-13(17)19-15(20-14(12)18)10-4-2-6-21-8-10/h1,3,5,7,10H,2,4,6,8H2. The summed E-state index contributed by atoms with van der Waals surface area (Å²) in [6.07, 6.45) is 1.99. The molecular weight excluding hydrogens is 331 g/mol. The number of aromatic nitrogens is 2. The fourth-order valence-corrected chi connectivity index (χ4v) is 3.24. The van der Waals surface area contributed by atoms with E-state index in [0.717, 1.165) is 25.0 Å². The summed E-state index contributed by atoms with van der Waals surface area (Å²) >= 11 is 18.7. The fourth-order valence-electron chi connectivity index (χ4n) is 2.43. The number of benzene rings is 1. The van der Waals surface area contributed by atoms with Gasteiger partial charge in [-0.2, -0.15) is 0 Å². The van der Waals surface area contributed by atoms with Gasteiger partial charge in [-0.25, -0.2) is 9.97 Å². The van der Waals surface area contributed by atoms with Gasteiger partial charge in [-0.3, -0.25) is 0 Å². The molecule has 1 saturated heterocycles. The van der Waals surface area contributed by atoms with Crippen LogP contribution in [-0.4, -0.2) is 23.2 Å². The SMILES string of the molecule is Clc1cccc(-c2c(Cl)nc(C3CCCOC3)nc2Cl)c1. The molecule has 1 aromatic carbocycles. The summed E-state index contributed by atoms with van der Waals surface area (Å²) < 4.78 is 5.46. The van der Waals surface area contributed by atoms with Gasteiger partial charge in [0.2, 0.25) is 0 Å². The Balaban J connectivity index is 2.00. The Labute approximate surface area is 138 Å². The smallest absolute Gasteiger partial charge is 0.142 e. The molecule has 0 aliphatic carbocycles. The van der Waals surface area contributed by atoms with E-state index in [2.05, 4.69) is 9.97 Å². The minimum Gasteiger partial charge on any atom is -0.381 e. The van der Waals surface area contributed by atoms with E-state index in [-0.39, 0.29) is 5.92 Å². The largest absolute Gasteiger partial charge is 0.381 e. The molecule has 1 aliphatic heterocycles. The van der Waals surface area contributed by atoms with Crippen LogP contribution in [0.15, 0.2) is 24.3 Å². The van der Waals surface area contributed by atoms with Crippen LogP contribution in [-0.2, 0) is 4.74 Å². The highest BCUT2D eigenvalue weighted by molar-refractivity contribution is 6.38. The predicted molar refractivity (Wildman–Crippen MR) is 85.3 cm³/mol. The van der Waals surface area contributed by atoms with E-state index < -0.39 is 0 Å². The van der Waals surface area contributed by atoms with Crippen LogP contribution in [0.3, 0.4) is 0 Å². The van der Waals surface area contributed by atoms with Gasteiger partial charge in [-0.05, 0) is 30.5 Å². The van der Waals surface area contributed by atoms with Crippen molar-refractivity contribution in [1.82, 2.24) is 9.97 Å². The van der Waals surface area contributed by atoms with E-state index in [9.17, 15) is 0 Å². The van der Waals surface area contributed by atoms with Crippen LogP contribution in [0.2, 0.25) is 15.3 Å². The monoisotopic (exact) mass is 342 g/mol. The average molecular weight is 344 g/mol. The molecule has 3 rings (SSSR count). The zero-order chi connectivity index (χ0) is 14.8. The number of ether oxygens (including phenoxy) is 1. The van der Waals surface area contributed by atoms with E-state index >= 15 is 0 Å². The molecule has 3 nitrogen and oxygen atoms in total. The quantitative estimate of drug-likeness (QED) is 0.720. The predicted octanol–water partition coefficient (Wildman–Crippen LogP) is 5.00. The topological polar surface area (TPSA) is 35.0 Å². The van der Waals surface area contributed by atoms with Crippen LogP contribution in [0.5, 0.6) is 0 Å². The van der Waals surface area contributed by atoms with Gasteiger partial charge in [0.05, 0.1) is 12.2 Å². The van der Waals surface area contributed by atoms with Gasteiger partial charge in [0.1, 0.15) is 16.1 Å². The summed E-state index contributed by atoms with van der Waals surface area (Å²) in [5, 5.41) is 1.31. The zero-order valence-corrected chi connectivity index (χ0v) is 13.4. The van der Waals surface area contributed by atoms with Crippen molar-refractivity contribution in [2.45, 2.75) is 18.8 Å². The maximum atomic E-state index is 6.32. The molecule has 110 valence electrons. The lowest BCUT2D eigenvalue weighted by Crippen LogP contribution is -2.18. The van der Waals surface area contributed by atoms with Gasteiger partial charge in [0.15, 0.2) is 0 Å². The zero-order valence-electron chi connectivity index (χ0n) is 11.2. The molecule has 1 unspecified atom stereocenters. The molecule has 21 heavy (non-hydrogen) atoms. The number of hydrogen-bond donors (Lipinski definition) is 0. The lowest BCUT2D eigenvalue weighted by Gasteiger charge is -2.21. The average Bonchev–Trinajstić information content (AvgIpc) is 2.47. The molecule has 1 atom stereocenters. The van der Waals surface area contributed by atoms with Gasteiger partial charge < -0.3 is 4.74 Å². The van der Waals surface area contributed by atoms with E-state index in [1.807, 2.05) is 12.1 Å². The van der Waals surface area contributed by atoms with Crippen molar-refractivity contribution in [2.24, 2.45) is 0 Å². The van der Waals surface area contributed by atoms with Crippen LogP contribution >= 0.6 is 34.8 Å². The van der Waals surface area contributed by atoms with Gasteiger partial charge in [-0.15, -0.1) is 0 Å². The van der Waals surface area contributed by atoms with Crippen LogP contribution in [0.1, 0.15) is 24.6 Å². The highest BCUT2D eigenvalue weighted by Gasteiger charge is 2.22. The van der Waals surface area contributed by atoms with Gasteiger partial charge in [-0.1, -0.05) is 46.9 Å². The first-order valence-electron chi connectivity index (χ1n) is 6.72. The van der Waals surface area contributed by atoms with Gasteiger partial charge in [0.25, 0.3) is 0 Å². The lowest BCUT2D eigenvalue weighted by atomic mass is 10.0. The third kappa shape index (κ3) is 3.32. The molecule has 0 radical (unpaired) electrons. The molecule has 1 aliphatic rings. The van der Waals surface area contributed by atoms with E-state index in [0.29, 0.717) is 33.3 Å². The highest BCUT2D eigenvalue weighted by atomic mass is 35.5. The summed E-state index contributed by atoms with van der Waals surface area (Å²) in [6.45, 7) is 1.40. The van der Waals surface area contributed by atoms with Crippen LogP contribution in [0.4, 0.5) is 0 Å². The van der Waals surface area contributed by atoms with Gasteiger partial charge >= 0.3 is 0 Å². The Bertz CT molecular complexity index is 634. The van der Waals surface area contributed by atoms with Crippen molar-refractivity contribution in [3.63, 3.8) is 0 Å². The first kappa shape index (κ1) is 15.0. The molecule has 0 saturated carbocycles. The second kappa shape index (κ2) is 6.49. The maximum Gasteiger partial charge on any atom is 0.142 e. The van der Waals surface area contributed by atoms with E-state index in [1.165, 1.54) is 0 Å². The third-order valence-electron chi connectivity index (χ3n) is 3.48. The summed E-state index contributed by atoms with van der Waals surface area (Å²) in [6, 6.07) is 7.31. The molecule has 1 fully saturated rings. The maximum absolute atomic E-state index is 6.32. The van der Waals surface area contributed by atoms with Crippen molar-refractivity contribution < 1.29 is 4.74 Å². The summed E-state index contributed by atoms with van der Waals surface area (Å²) in [4.78, 5) is 8.82. The summed E-state index contributed by atoms with van der Waals surface area (Å²) in [5.74, 6) is 0.803. The first-order valence-corrected chi connectivity index (χ1v) is 7.85. The Morgan fingerprint density at radius 3 is 2.48 bits per heavy atom. The molecular formula is C15H13Cl3N2O. The Hall–Kier alpha value is -0.870. The van der Waals surface area contributed by atoms with Gasteiger partial charge in [0, 0.05) is 17.5 Å². The highest BCUT2D eigenvalue weighted by Crippen LogP contribution is 2.35. The molecule has 2 aromatic rings. The molecule has 6 heteroatoms. The number of rotatable bonds is 2. The Morgan fingerprint density at radius 1 is 1.10 bits per heavy atom. The third-order valence-corrected chi connectivity index (χ3v) is 4.26. The minimum atomic E-state index is 0.155. The molecule has 0 amide bonds. The van der Waals surface area contributed by atoms with E-state index in [4.69, 9.17) is 39.5 Å². The van der Waals surface area contributed by atoms with Crippen LogP contribution in [0.25, 0.3) is 11.1 Å². The number of halogens is 3. The Morgan fingerprint density at radius 2 is 1.86 bits per heavy atom. The summed E-state index contributed by atoms with van der Waals surface area (Å²) in [5.41, 5.74) is 1.42. The molecule has 0 spiro atoms. The first-order chi connectivity index (χ1) is 10.1. The molecule has 1 aromatic heterocycles. The van der Waals surface area contributed by atoms with Crippen LogP contribution in [0, 0.1) is 0 Å². The lowest BCUT2D eigenvalue weighted by molar-refractivity contribution is 0.0780. The van der Waals surface area contributed by atoms with Crippen molar-refractivity contribution >= 4 is 34.8 Å². The number of nitrogens with zero attached hydrogens (tertiary/aromatic N) is 2. The molecule has 2 heterocycles. The minimum absolute atomic E-state index is 0.155. The normalized spacial score (nSPS) is 18.7. The second-order valence-electron chi connectivity index (χ2n) is 4.96.